The Labute approximate surface area is 194 Å². The van der Waals surface area contributed by atoms with E-state index < -0.39 is 0 Å². The number of carbonyl (C=O) groups excluding carboxylic acids is 1. The minimum Gasteiger partial charge on any atom is -0.492 e. The second-order valence-corrected chi connectivity index (χ2v) is 7.63. The van der Waals surface area contributed by atoms with Crippen molar-refractivity contribution < 1.29 is 23.7 Å². The lowest BCUT2D eigenvalue weighted by molar-refractivity contribution is -0.118. The van der Waals surface area contributed by atoms with Gasteiger partial charge in [-0.3, -0.25) is 4.79 Å². The highest BCUT2D eigenvalue weighted by molar-refractivity contribution is 5.94. The van der Waals surface area contributed by atoms with E-state index in [-0.39, 0.29) is 12.5 Å². The largest absolute Gasteiger partial charge is 0.492 e. The normalized spacial score (nSPS) is 13.6. The van der Waals surface area contributed by atoms with Crippen molar-refractivity contribution >= 4 is 28.1 Å². The molecule has 4 rings (SSSR count). The van der Waals surface area contributed by atoms with Gasteiger partial charge in [-0.15, -0.1) is 0 Å². The Bertz CT molecular complexity index is 1100. The van der Waals surface area contributed by atoms with Gasteiger partial charge in [0.2, 0.25) is 0 Å². The van der Waals surface area contributed by atoms with Gasteiger partial charge in [0, 0.05) is 25.2 Å². The molecule has 1 aliphatic rings. The number of morpholine rings is 1. The summed E-state index contributed by atoms with van der Waals surface area (Å²) in [6, 6.07) is 17.6. The Morgan fingerprint density at radius 1 is 0.909 bits per heavy atom. The average Bonchev–Trinajstić information content (AvgIpc) is 2.85. The van der Waals surface area contributed by atoms with Crippen molar-refractivity contribution in [3.8, 4) is 17.2 Å². The number of rotatable bonds is 9. The highest BCUT2D eigenvalue weighted by Gasteiger charge is 2.20. The van der Waals surface area contributed by atoms with Crippen LogP contribution in [0.15, 0.2) is 54.6 Å². The molecule has 3 aromatic rings. The molecule has 0 saturated carbocycles. The first kappa shape index (κ1) is 22.7. The lowest BCUT2D eigenvalue weighted by Crippen LogP contribution is -2.36. The first-order valence-corrected chi connectivity index (χ1v) is 11.4. The molecule has 1 fully saturated rings. The maximum Gasteiger partial charge on any atom is 0.262 e. The Morgan fingerprint density at radius 2 is 1.64 bits per heavy atom. The van der Waals surface area contributed by atoms with Crippen LogP contribution in [-0.2, 0) is 9.53 Å². The predicted octanol–water partition coefficient (Wildman–Crippen LogP) is 4.49. The van der Waals surface area contributed by atoms with Crippen molar-refractivity contribution in [1.29, 1.82) is 0 Å². The molecule has 33 heavy (non-hydrogen) atoms. The van der Waals surface area contributed by atoms with Crippen LogP contribution in [-0.4, -0.2) is 52.0 Å². The summed E-state index contributed by atoms with van der Waals surface area (Å²) in [4.78, 5) is 14.9. The molecule has 0 aromatic heterocycles. The van der Waals surface area contributed by atoms with Crippen LogP contribution in [0, 0.1) is 0 Å². The number of fused-ring (bicyclic) bond motifs is 1. The minimum absolute atomic E-state index is 0.112. The standard InChI is InChI=1S/C26H30N2O5/c1-3-31-24-17-23(28-11-13-30-14-12-28)25(32-4-2)16-22(24)27-26(29)18-33-21-10-9-19-7-5-6-8-20(19)15-21/h5-10,15-17H,3-4,11-14,18H2,1-2H3,(H,27,29). The summed E-state index contributed by atoms with van der Waals surface area (Å²) < 4.78 is 23.0. The molecule has 0 radical (unpaired) electrons. The topological polar surface area (TPSA) is 69.3 Å². The van der Waals surface area contributed by atoms with Crippen LogP contribution in [0.3, 0.4) is 0 Å². The van der Waals surface area contributed by atoms with Crippen LogP contribution in [0.4, 0.5) is 11.4 Å². The minimum atomic E-state index is -0.273. The maximum absolute atomic E-state index is 12.7. The van der Waals surface area contributed by atoms with E-state index in [1.54, 1.807) is 0 Å². The summed E-state index contributed by atoms with van der Waals surface area (Å²) in [6.07, 6.45) is 0. The number of benzene rings is 3. The van der Waals surface area contributed by atoms with Crippen molar-refractivity contribution in [1.82, 2.24) is 0 Å². The summed E-state index contributed by atoms with van der Waals surface area (Å²) in [5.74, 6) is 1.67. The Kier molecular flexibility index (Phi) is 7.52. The number of amides is 1. The average molecular weight is 451 g/mol. The molecular weight excluding hydrogens is 420 g/mol. The molecule has 0 spiro atoms. The van der Waals surface area contributed by atoms with Gasteiger partial charge in [-0.05, 0) is 36.8 Å². The molecule has 174 valence electrons. The summed E-state index contributed by atoms with van der Waals surface area (Å²) in [5, 5.41) is 5.11. The van der Waals surface area contributed by atoms with Gasteiger partial charge in [0.15, 0.2) is 6.61 Å². The molecule has 1 N–H and O–H groups in total. The van der Waals surface area contributed by atoms with Crippen molar-refractivity contribution in [2.24, 2.45) is 0 Å². The molecule has 1 saturated heterocycles. The fourth-order valence-corrected chi connectivity index (χ4v) is 3.84. The van der Waals surface area contributed by atoms with Crippen LogP contribution in [0.25, 0.3) is 10.8 Å². The monoisotopic (exact) mass is 450 g/mol. The van der Waals surface area contributed by atoms with E-state index in [4.69, 9.17) is 18.9 Å². The molecule has 1 aliphatic heterocycles. The third kappa shape index (κ3) is 5.68. The van der Waals surface area contributed by atoms with Crippen molar-refractivity contribution in [3.63, 3.8) is 0 Å². The number of ether oxygens (including phenoxy) is 4. The van der Waals surface area contributed by atoms with E-state index in [2.05, 4.69) is 10.2 Å². The quantitative estimate of drug-likeness (QED) is 0.518. The maximum atomic E-state index is 12.7. The van der Waals surface area contributed by atoms with Crippen LogP contribution in [0.2, 0.25) is 0 Å². The number of hydrogen-bond acceptors (Lipinski definition) is 6. The molecule has 0 unspecified atom stereocenters. The third-order valence-corrected chi connectivity index (χ3v) is 5.38. The number of nitrogens with zero attached hydrogens (tertiary/aromatic N) is 1. The fraction of sp³-hybridized carbons (Fsp3) is 0.346. The molecule has 7 nitrogen and oxygen atoms in total. The lowest BCUT2D eigenvalue weighted by atomic mass is 10.1. The van der Waals surface area contributed by atoms with Gasteiger partial charge in [0.25, 0.3) is 5.91 Å². The van der Waals surface area contributed by atoms with Gasteiger partial charge >= 0.3 is 0 Å². The van der Waals surface area contributed by atoms with Gasteiger partial charge < -0.3 is 29.2 Å². The SMILES string of the molecule is CCOc1cc(N2CCOCC2)c(OCC)cc1NC(=O)COc1ccc2ccccc2c1. The zero-order chi connectivity index (χ0) is 23.0. The first-order valence-electron chi connectivity index (χ1n) is 11.4. The molecule has 3 aromatic carbocycles. The second kappa shape index (κ2) is 10.9. The van der Waals surface area contributed by atoms with Crippen molar-refractivity contribution in [3.05, 3.63) is 54.6 Å². The van der Waals surface area contributed by atoms with Gasteiger partial charge in [0.05, 0.1) is 37.8 Å². The van der Waals surface area contributed by atoms with E-state index >= 15 is 0 Å². The highest BCUT2D eigenvalue weighted by atomic mass is 16.5. The van der Waals surface area contributed by atoms with E-state index in [0.29, 0.717) is 49.4 Å². The Hall–Kier alpha value is -3.45. The van der Waals surface area contributed by atoms with E-state index in [1.165, 1.54) is 0 Å². The van der Waals surface area contributed by atoms with Crippen LogP contribution in [0.1, 0.15) is 13.8 Å². The van der Waals surface area contributed by atoms with Crippen LogP contribution < -0.4 is 24.4 Å². The second-order valence-electron chi connectivity index (χ2n) is 7.63. The van der Waals surface area contributed by atoms with Crippen LogP contribution >= 0.6 is 0 Å². The van der Waals surface area contributed by atoms with E-state index in [0.717, 1.165) is 29.5 Å². The molecule has 0 bridgehead atoms. The van der Waals surface area contributed by atoms with Crippen molar-refractivity contribution in [2.75, 3.05) is 56.3 Å². The van der Waals surface area contributed by atoms with E-state index in [9.17, 15) is 4.79 Å². The Morgan fingerprint density at radius 3 is 2.39 bits per heavy atom. The zero-order valence-electron chi connectivity index (χ0n) is 19.1. The fourth-order valence-electron chi connectivity index (χ4n) is 3.84. The van der Waals surface area contributed by atoms with Gasteiger partial charge in [-0.2, -0.15) is 0 Å². The number of hydrogen-bond donors (Lipinski definition) is 1. The number of carbonyl (C=O) groups is 1. The molecule has 0 atom stereocenters. The summed E-state index contributed by atoms with van der Waals surface area (Å²) in [5.41, 5.74) is 1.50. The number of anilines is 2. The predicted molar refractivity (Wildman–Crippen MR) is 130 cm³/mol. The van der Waals surface area contributed by atoms with E-state index in [1.807, 2.05) is 68.4 Å². The first-order chi connectivity index (χ1) is 16.2. The lowest BCUT2D eigenvalue weighted by Gasteiger charge is -2.31. The highest BCUT2D eigenvalue weighted by Crippen LogP contribution is 2.39. The summed E-state index contributed by atoms with van der Waals surface area (Å²) in [7, 11) is 0. The van der Waals surface area contributed by atoms with Gasteiger partial charge in [0.1, 0.15) is 17.2 Å². The Balaban J connectivity index is 1.49. The van der Waals surface area contributed by atoms with Gasteiger partial charge in [-0.1, -0.05) is 30.3 Å². The molecule has 0 aliphatic carbocycles. The van der Waals surface area contributed by atoms with Crippen LogP contribution in [0.5, 0.6) is 17.2 Å². The van der Waals surface area contributed by atoms with Crippen molar-refractivity contribution in [2.45, 2.75) is 13.8 Å². The van der Waals surface area contributed by atoms with Gasteiger partial charge in [-0.25, -0.2) is 0 Å². The molecular formula is C26H30N2O5. The zero-order valence-corrected chi connectivity index (χ0v) is 19.1. The third-order valence-electron chi connectivity index (χ3n) is 5.38. The molecule has 1 amide bonds. The summed E-state index contributed by atoms with van der Waals surface area (Å²) >= 11 is 0. The molecule has 7 heteroatoms. The molecule has 1 heterocycles. The summed E-state index contributed by atoms with van der Waals surface area (Å²) in [6.45, 7) is 7.62. The smallest absolute Gasteiger partial charge is 0.262 e. The number of nitrogens with one attached hydrogen (secondary N) is 1.